The van der Waals surface area contributed by atoms with E-state index >= 15 is 0 Å². The molecule has 0 radical (unpaired) electrons. The van der Waals surface area contributed by atoms with Gasteiger partial charge in [-0.2, -0.15) is 0 Å². The second-order valence-corrected chi connectivity index (χ2v) is 3.31. The fraction of sp³-hybridized carbons (Fsp3) is 0.778. The van der Waals surface area contributed by atoms with E-state index in [1.54, 1.807) is 6.01 Å². The molecule has 0 rings (SSSR count). The molecule has 0 amide bonds. The van der Waals surface area contributed by atoms with E-state index in [9.17, 15) is 4.79 Å². The quantitative estimate of drug-likeness (QED) is 0.397. The maximum Gasteiger partial charge on any atom is 0.339 e. The summed E-state index contributed by atoms with van der Waals surface area (Å²) < 4.78 is 0. The highest BCUT2D eigenvalue weighted by Crippen LogP contribution is 2.10. The van der Waals surface area contributed by atoms with Gasteiger partial charge in [-0.3, -0.25) is 0 Å². The summed E-state index contributed by atoms with van der Waals surface area (Å²) in [6.45, 7) is 2.76. The first-order valence-corrected chi connectivity index (χ1v) is 4.59. The molecule has 5 heteroatoms. The predicted molar refractivity (Wildman–Crippen MR) is 53.2 cm³/mol. The lowest BCUT2D eigenvalue weighted by Gasteiger charge is -2.14. The van der Waals surface area contributed by atoms with Gasteiger partial charge in [0.2, 0.25) is 0 Å². The summed E-state index contributed by atoms with van der Waals surface area (Å²) in [5, 5.41) is 9.48. The van der Waals surface area contributed by atoms with Gasteiger partial charge >= 0.3 is 5.97 Å². The number of carbonyl (C=O) groups is 1. The summed E-state index contributed by atoms with van der Waals surface area (Å²) in [5.41, 5.74) is 0. The average Bonchev–Trinajstić information content (AvgIpc) is 2.15. The van der Waals surface area contributed by atoms with Crippen LogP contribution in [0.3, 0.4) is 0 Å². The van der Waals surface area contributed by atoms with Crippen LogP contribution < -0.4 is 0 Å². The number of hydrogen-bond donors (Lipinski definition) is 1. The molecule has 80 valence electrons. The van der Waals surface area contributed by atoms with Crippen LogP contribution in [0.5, 0.6) is 0 Å². The highest BCUT2D eigenvalue weighted by Gasteiger charge is 2.18. The largest absolute Gasteiger partial charge is 0.339 e. The van der Waals surface area contributed by atoms with Gasteiger partial charge in [-0.1, -0.05) is 6.92 Å². The van der Waals surface area contributed by atoms with Gasteiger partial charge in [-0.05, 0) is 38.6 Å². The third-order valence-electron chi connectivity index (χ3n) is 1.93. The topological polar surface area (TPSA) is 65.8 Å². The van der Waals surface area contributed by atoms with Crippen LogP contribution in [0.1, 0.15) is 19.8 Å². The first-order chi connectivity index (χ1) is 6.61. The lowest BCUT2D eigenvalue weighted by atomic mass is 10.0. The third kappa shape index (κ3) is 5.45. The molecule has 0 aromatic rings. The molecule has 1 N–H and O–H groups in total. The van der Waals surface area contributed by atoms with Crippen molar-refractivity contribution in [2.24, 2.45) is 11.1 Å². The van der Waals surface area contributed by atoms with E-state index in [-0.39, 0.29) is 11.9 Å². The van der Waals surface area contributed by atoms with E-state index < -0.39 is 0 Å². The van der Waals surface area contributed by atoms with Gasteiger partial charge in [0.25, 0.3) is 0 Å². The molecule has 0 aliphatic carbocycles. The average molecular weight is 199 g/mol. The molecule has 0 aliphatic rings. The van der Waals surface area contributed by atoms with Gasteiger partial charge in [0, 0.05) is 0 Å². The Balaban J connectivity index is 3.98. The Morgan fingerprint density at radius 1 is 1.64 bits per heavy atom. The SMILES string of the molecule is CCC(CCN(C)C)C(=O)ON=C=N. The van der Waals surface area contributed by atoms with Crippen LogP contribution in [0.15, 0.2) is 5.16 Å². The zero-order chi connectivity index (χ0) is 11.0. The summed E-state index contributed by atoms with van der Waals surface area (Å²) in [6.07, 6.45) is 1.47. The van der Waals surface area contributed by atoms with Crippen molar-refractivity contribution in [3.05, 3.63) is 0 Å². The Hall–Kier alpha value is -1.19. The molecule has 0 aliphatic heterocycles. The standard InChI is InChI=1S/C9H17N3O2/c1-4-8(5-6-12(2)3)9(13)14-11-7-10/h8,10H,4-6H2,1-3H3. The molecule has 14 heavy (non-hydrogen) atoms. The first-order valence-electron chi connectivity index (χ1n) is 4.59. The fourth-order valence-electron chi connectivity index (χ4n) is 1.05. The van der Waals surface area contributed by atoms with Crippen LogP contribution in [0.2, 0.25) is 0 Å². The van der Waals surface area contributed by atoms with Crippen LogP contribution in [0.25, 0.3) is 0 Å². The van der Waals surface area contributed by atoms with Crippen molar-refractivity contribution in [1.29, 1.82) is 5.41 Å². The molecule has 0 spiro atoms. The molecule has 0 heterocycles. The monoisotopic (exact) mass is 199 g/mol. The van der Waals surface area contributed by atoms with Crippen molar-refractivity contribution in [3.8, 4) is 0 Å². The predicted octanol–water partition coefficient (Wildman–Crippen LogP) is 1.18. The lowest BCUT2D eigenvalue weighted by Crippen LogP contribution is -2.22. The van der Waals surface area contributed by atoms with Crippen molar-refractivity contribution in [2.45, 2.75) is 19.8 Å². The van der Waals surface area contributed by atoms with Crippen LogP contribution >= 0.6 is 0 Å². The summed E-state index contributed by atoms with van der Waals surface area (Å²) in [4.78, 5) is 17.7. The van der Waals surface area contributed by atoms with Crippen molar-refractivity contribution in [2.75, 3.05) is 20.6 Å². The van der Waals surface area contributed by atoms with Crippen molar-refractivity contribution in [1.82, 2.24) is 4.90 Å². The molecule has 0 saturated carbocycles. The number of rotatable bonds is 6. The molecule has 1 atom stereocenters. The Morgan fingerprint density at radius 3 is 2.71 bits per heavy atom. The van der Waals surface area contributed by atoms with Crippen LogP contribution in [0.4, 0.5) is 0 Å². The number of carbonyl (C=O) groups excluding carboxylic acids is 1. The molecule has 0 saturated heterocycles. The maximum absolute atomic E-state index is 11.3. The van der Waals surface area contributed by atoms with Gasteiger partial charge in [0.05, 0.1) is 5.92 Å². The molecule has 0 aromatic carbocycles. The van der Waals surface area contributed by atoms with E-state index in [1.807, 2.05) is 25.9 Å². The van der Waals surface area contributed by atoms with E-state index in [1.165, 1.54) is 0 Å². The van der Waals surface area contributed by atoms with Gasteiger partial charge in [0.1, 0.15) is 6.01 Å². The van der Waals surface area contributed by atoms with Gasteiger partial charge in [-0.15, -0.1) is 0 Å². The summed E-state index contributed by atoms with van der Waals surface area (Å²) in [6, 6.07) is 1.66. The molecular formula is C9H17N3O2. The molecule has 0 aromatic heterocycles. The van der Waals surface area contributed by atoms with E-state index in [0.717, 1.165) is 19.4 Å². The minimum atomic E-state index is -0.380. The van der Waals surface area contributed by atoms with Crippen molar-refractivity contribution >= 4 is 12.0 Å². The van der Waals surface area contributed by atoms with E-state index in [2.05, 4.69) is 9.99 Å². The van der Waals surface area contributed by atoms with Gasteiger partial charge in [-0.25, -0.2) is 10.2 Å². The Bertz CT molecular complexity index is 222. The van der Waals surface area contributed by atoms with Crippen LogP contribution in [0, 0.1) is 11.3 Å². The highest BCUT2D eigenvalue weighted by molar-refractivity contribution is 5.72. The molecule has 5 nitrogen and oxygen atoms in total. The summed E-state index contributed by atoms with van der Waals surface area (Å²) >= 11 is 0. The second-order valence-electron chi connectivity index (χ2n) is 3.31. The summed E-state index contributed by atoms with van der Waals surface area (Å²) in [7, 11) is 3.90. The Labute approximate surface area is 84.2 Å². The van der Waals surface area contributed by atoms with E-state index in [0.29, 0.717) is 0 Å². The van der Waals surface area contributed by atoms with Gasteiger partial charge in [0.15, 0.2) is 0 Å². The highest BCUT2D eigenvalue weighted by atomic mass is 16.7. The molecule has 0 bridgehead atoms. The van der Waals surface area contributed by atoms with Crippen molar-refractivity contribution < 1.29 is 9.63 Å². The number of nitrogens with one attached hydrogen (secondary N) is 1. The minimum absolute atomic E-state index is 0.144. The molecule has 0 fully saturated rings. The Kier molecular flexibility index (Phi) is 6.62. The molecule has 1 unspecified atom stereocenters. The third-order valence-corrected chi connectivity index (χ3v) is 1.93. The second kappa shape index (κ2) is 7.24. The normalized spacial score (nSPS) is 12.0. The summed E-state index contributed by atoms with van der Waals surface area (Å²) in [5.74, 6) is -0.524. The number of hydrogen-bond acceptors (Lipinski definition) is 5. The zero-order valence-corrected chi connectivity index (χ0v) is 8.91. The fourth-order valence-corrected chi connectivity index (χ4v) is 1.05. The smallest absolute Gasteiger partial charge is 0.309 e. The molecular weight excluding hydrogens is 182 g/mol. The van der Waals surface area contributed by atoms with E-state index in [4.69, 9.17) is 5.41 Å². The minimum Gasteiger partial charge on any atom is -0.309 e. The number of nitrogens with zero attached hydrogens (tertiary/aromatic N) is 2. The van der Waals surface area contributed by atoms with Gasteiger partial charge < -0.3 is 9.74 Å². The zero-order valence-electron chi connectivity index (χ0n) is 8.91. The van der Waals surface area contributed by atoms with Crippen LogP contribution in [-0.4, -0.2) is 37.5 Å². The maximum atomic E-state index is 11.3. The Morgan fingerprint density at radius 2 is 2.29 bits per heavy atom. The van der Waals surface area contributed by atoms with Crippen molar-refractivity contribution in [3.63, 3.8) is 0 Å². The van der Waals surface area contributed by atoms with Crippen LogP contribution in [-0.2, 0) is 9.63 Å². The first kappa shape index (κ1) is 12.8. The lowest BCUT2D eigenvalue weighted by molar-refractivity contribution is -0.148.